The van der Waals surface area contributed by atoms with Gasteiger partial charge in [0.25, 0.3) is 0 Å². The summed E-state index contributed by atoms with van der Waals surface area (Å²) in [4.78, 5) is 0. The third-order valence-electron chi connectivity index (χ3n) is 4.93. The van der Waals surface area contributed by atoms with E-state index in [1.807, 2.05) is 36.4 Å². The van der Waals surface area contributed by atoms with Crippen molar-refractivity contribution >= 4 is 22.5 Å². The van der Waals surface area contributed by atoms with Crippen molar-refractivity contribution in [2.45, 2.75) is 5.92 Å². The van der Waals surface area contributed by atoms with Gasteiger partial charge in [-0.25, -0.2) is 4.68 Å². The van der Waals surface area contributed by atoms with Gasteiger partial charge in [0.15, 0.2) is 0 Å². The Labute approximate surface area is 132 Å². The third-order valence-corrected chi connectivity index (χ3v) is 5.26. The minimum absolute atomic E-state index is 0.544. The standard InChI is InChI=1S/C16H15ClN4O/c1-20-6-10(5-18-20)21-15-3-11(14(17)2-9(15)4-19-21)16-12-7-22-8-13(12)16/h2-6,12-13,16H,7-8H2,1H3/t12-,13?,16?/m1/s1. The molecule has 0 bridgehead atoms. The second-order valence-corrected chi connectivity index (χ2v) is 6.66. The molecule has 5 nitrogen and oxygen atoms in total. The molecular formula is C16H15ClN4O. The maximum Gasteiger partial charge on any atom is 0.103 e. The number of halogens is 1. The highest BCUT2D eigenvalue weighted by Gasteiger charge is 2.55. The molecule has 6 heteroatoms. The van der Waals surface area contributed by atoms with E-state index in [9.17, 15) is 0 Å². The Hall–Kier alpha value is -1.85. The first-order valence-corrected chi connectivity index (χ1v) is 7.84. The van der Waals surface area contributed by atoms with Crippen LogP contribution in [-0.4, -0.2) is 32.8 Å². The molecule has 1 aliphatic heterocycles. The summed E-state index contributed by atoms with van der Waals surface area (Å²) in [6.07, 6.45) is 5.63. The highest BCUT2D eigenvalue weighted by Crippen LogP contribution is 2.59. The fourth-order valence-electron chi connectivity index (χ4n) is 3.74. The highest BCUT2D eigenvalue weighted by atomic mass is 35.5. The van der Waals surface area contributed by atoms with Crippen LogP contribution >= 0.6 is 11.6 Å². The molecule has 0 amide bonds. The molecular weight excluding hydrogens is 300 g/mol. The molecule has 0 radical (unpaired) electrons. The van der Waals surface area contributed by atoms with E-state index in [4.69, 9.17) is 16.3 Å². The van der Waals surface area contributed by atoms with Crippen molar-refractivity contribution in [2.75, 3.05) is 13.2 Å². The maximum absolute atomic E-state index is 6.51. The lowest BCUT2D eigenvalue weighted by Gasteiger charge is -2.08. The van der Waals surface area contributed by atoms with Gasteiger partial charge in [0.05, 0.1) is 37.3 Å². The second kappa shape index (κ2) is 4.33. The van der Waals surface area contributed by atoms with E-state index in [1.165, 1.54) is 5.56 Å². The zero-order valence-corrected chi connectivity index (χ0v) is 12.9. The smallest absolute Gasteiger partial charge is 0.103 e. The third kappa shape index (κ3) is 1.69. The summed E-state index contributed by atoms with van der Waals surface area (Å²) in [5.74, 6) is 1.83. The van der Waals surface area contributed by atoms with Gasteiger partial charge < -0.3 is 4.74 Å². The molecule has 0 spiro atoms. The molecule has 22 heavy (non-hydrogen) atoms. The van der Waals surface area contributed by atoms with E-state index in [-0.39, 0.29) is 0 Å². The average Bonchev–Trinajstić information content (AvgIpc) is 2.96. The molecule has 2 fully saturated rings. The van der Waals surface area contributed by atoms with E-state index < -0.39 is 0 Å². The maximum atomic E-state index is 6.51. The molecule has 1 saturated heterocycles. The Balaban J connectivity index is 1.65. The quantitative estimate of drug-likeness (QED) is 0.730. The Bertz CT molecular complexity index is 874. The number of fused-ring (bicyclic) bond motifs is 2. The molecule has 1 aromatic carbocycles. The lowest BCUT2D eigenvalue weighted by molar-refractivity contribution is 0.160. The number of hydrogen-bond acceptors (Lipinski definition) is 3. The van der Waals surface area contributed by atoms with Crippen LogP contribution in [0.5, 0.6) is 0 Å². The molecule has 2 aliphatic rings. The van der Waals surface area contributed by atoms with Crippen molar-refractivity contribution in [1.82, 2.24) is 19.6 Å². The van der Waals surface area contributed by atoms with Crippen molar-refractivity contribution in [3.05, 3.63) is 41.3 Å². The Morgan fingerprint density at radius 3 is 2.73 bits per heavy atom. The van der Waals surface area contributed by atoms with Crippen LogP contribution in [0.3, 0.4) is 0 Å². The van der Waals surface area contributed by atoms with Crippen molar-refractivity contribution in [3.63, 3.8) is 0 Å². The van der Waals surface area contributed by atoms with Gasteiger partial charge in [-0.05, 0) is 35.4 Å². The molecule has 2 aromatic heterocycles. The SMILES string of the molecule is Cn1cc(-n2ncc3cc(Cl)c(C4C5COC[C@H]54)cc32)cn1. The number of benzene rings is 1. The number of nitrogens with zero attached hydrogens (tertiary/aromatic N) is 4. The van der Waals surface area contributed by atoms with Crippen LogP contribution in [0.1, 0.15) is 11.5 Å². The van der Waals surface area contributed by atoms with E-state index in [2.05, 4.69) is 16.3 Å². The predicted molar refractivity (Wildman–Crippen MR) is 83.4 cm³/mol. The van der Waals surface area contributed by atoms with E-state index in [0.29, 0.717) is 17.8 Å². The first-order chi connectivity index (χ1) is 10.7. The van der Waals surface area contributed by atoms with Crippen LogP contribution in [0.2, 0.25) is 5.02 Å². The number of rotatable bonds is 2. The minimum atomic E-state index is 0.544. The van der Waals surface area contributed by atoms with Gasteiger partial charge in [0, 0.05) is 17.5 Å². The first kappa shape index (κ1) is 12.7. The molecule has 3 heterocycles. The lowest BCUT2D eigenvalue weighted by atomic mass is 10.1. The Morgan fingerprint density at radius 1 is 1.18 bits per heavy atom. The lowest BCUT2D eigenvalue weighted by Crippen LogP contribution is -1.99. The molecule has 112 valence electrons. The van der Waals surface area contributed by atoms with Crippen LogP contribution < -0.4 is 0 Å². The van der Waals surface area contributed by atoms with Crippen molar-refractivity contribution < 1.29 is 4.74 Å². The summed E-state index contributed by atoms with van der Waals surface area (Å²) < 4.78 is 9.20. The Morgan fingerprint density at radius 2 is 2.00 bits per heavy atom. The van der Waals surface area contributed by atoms with Gasteiger partial charge in [0.2, 0.25) is 0 Å². The zero-order valence-electron chi connectivity index (χ0n) is 12.1. The van der Waals surface area contributed by atoms with Gasteiger partial charge in [-0.3, -0.25) is 4.68 Å². The van der Waals surface area contributed by atoms with Gasteiger partial charge in [-0.15, -0.1) is 0 Å². The second-order valence-electron chi connectivity index (χ2n) is 6.25. The van der Waals surface area contributed by atoms with E-state index >= 15 is 0 Å². The molecule has 0 N–H and O–H groups in total. The monoisotopic (exact) mass is 314 g/mol. The van der Waals surface area contributed by atoms with Crippen LogP contribution in [0.25, 0.3) is 16.6 Å². The summed E-state index contributed by atoms with van der Waals surface area (Å²) in [6, 6.07) is 4.22. The topological polar surface area (TPSA) is 44.9 Å². The van der Waals surface area contributed by atoms with Crippen LogP contribution in [0.4, 0.5) is 0 Å². The van der Waals surface area contributed by atoms with Crippen molar-refractivity contribution in [3.8, 4) is 5.69 Å². The number of ether oxygens (including phenoxy) is 1. The molecule has 2 unspecified atom stereocenters. The summed E-state index contributed by atoms with van der Waals surface area (Å²) in [5.41, 5.74) is 3.28. The van der Waals surface area contributed by atoms with Gasteiger partial charge in [0.1, 0.15) is 5.69 Å². The van der Waals surface area contributed by atoms with Crippen molar-refractivity contribution in [2.24, 2.45) is 18.9 Å². The zero-order chi connectivity index (χ0) is 14.8. The van der Waals surface area contributed by atoms with Crippen LogP contribution in [0.15, 0.2) is 30.7 Å². The van der Waals surface area contributed by atoms with Gasteiger partial charge in [-0.1, -0.05) is 11.6 Å². The van der Waals surface area contributed by atoms with Crippen LogP contribution in [0, 0.1) is 11.8 Å². The predicted octanol–water partition coefficient (Wildman–Crippen LogP) is 2.77. The highest BCUT2D eigenvalue weighted by molar-refractivity contribution is 6.32. The van der Waals surface area contributed by atoms with Crippen molar-refractivity contribution in [1.29, 1.82) is 0 Å². The molecule has 1 aliphatic carbocycles. The average molecular weight is 315 g/mol. The summed E-state index contributed by atoms with van der Waals surface area (Å²) in [5, 5.41) is 10.6. The van der Waals surface area contributed by atoms with E-state index in [1.54, 1.807) is 4.68 Å². The fraction of sp³-hybridized carbons (Fsp3) is 0.375. The van der Waals surface area contributed by atoms with E-state index in [0.717, 1.165) is 34.8 Å². The van der Waals surface area contributed by atoms with Gasteiger partial charge in [-0.2, -0.15) is 10.2 Å². The summed E-state index contributed by atoms with van der Waals surface area (Å²) >= 11 is 6.51. The molecule has 3 aromatic rings. The first-order valence-electron chi connectivity index (χ1n) is 7.46. The summed E-state index contributed by atoms with van der Waals surface area (Å²) in [7, 11) is 1.91. The number of aryl methyl sites for hydroxylation is 1. The number of aromatic nitrogens is 4. The molecule has 5 rings (SSSR count). The van der Waals surface area contributed by atoms with Crippen LogP contribution in [-0.2, 0) is 11.8 Å². The number of hydrogen-bond donors (Lipinski definition) is 0. The Kier molecular flexibility index (Phi) is 2.50. The molecule has 3 atom stereocenters. The fourth-order valence-corrected chi connectivity index (χ4v) is 4.04. The largest absolute Gasteiger partial charge is 0.381 e. The minimum Gasteiger partial charge on any atom is -0.381 e. The van der Waals surface area contributed by atoms with Gasteiger partial charge >= 0.3 is 0 Å². The normalized spacial score (nSPS) is 26.5. The molecule has 1 saturated carbocycles. The summed E-state index contributed by atoms with van der Waals surface area (Å²) in [6.45, 7) is 1.73.